The van der Waals surface area contributed by atoms with E-state index in [-0.39, 0.29) is 0 Å². The second kappa shape index (κ2) is 2.65. The molecule has 1 nitrogen and oxygen atoms in total. The topological polar surface area (TPSA) is 26.0 Å². The molecule has 0 heterocycles. The summed E-state index contributed by atoms with van der Waals surface area (Å²) in [7, 11) is 0. The lowest BCUT2D eigenvalue weighted by molar-refractivity contribution is 1.07. The number of hydrogen-bond acceptors (Lipinski definition) is 1. The normalized spacial score (nSPS) is 9.56. The smallest absolute Gasteiger partial charge is 0.0178 e. The van der Waals surface area contributed by atoms with Gasteiger partial charge in [-0.3, -0.25) is 0 Å². The number of hydrogen-bond donors (Lipinski definition) is 1. The molecule has 0 unspecified atom stereocenters. The van der Waals surface area contributed by atoms with Crippen molar-refractivity contribution in [3.63, 3.8) is 0 Å². The number of benzene rings is 1. The molecule has 0 bridgehead atoms. The molecular weight excluding hydrogens is 109 g/mol. The summed E-state index contributed by atoms with van der Waals surface area (Å²) in [6, 6.07) is 8.25. The minimum atomic E-state index is 0.639. The summed E-state index contributed by atoms with van der Waals surface area (Å²) in [5.41, 5.74) is 7.88. The first-order valence-electron chi connectivity index (χ1n) is 3.08. The molecule has 1 rings (SSSR count). The van der Waals surface area contributed by atoms with Crippen LogP contribution in [0.4, 0.5) is 0 Å². The Bertz CT molecular complexity index is 176. The van der Waals surface area contributed by atoms with Gasteiger partial charge < -0.3 is 5.73 Å². The molecule has 0 aliphatic rings. The van der Waals surface area contributed by atoms with E-state index >= 15 is 0 Å². The Kier molecular flexibility index (Phi) is 1.85. The molecule has 0 fully saturated rings. The summed E-state index contributed by atoms with van der Waals surface area (Å²) in [6.45, 7) is 2.71. The van der Waals surface area contributed by atoms with Crippen molar-refractivity contribution in [2.75, 3.05) is 0 Å². The van der Waals surface area contributed by atoms with E-state index in [0.29, 0.717) is 6.54 Å². The molecule has 0 aliphatic heterocycles. The van der Waals surface area contributed by atoms with Crippen LogP contribution in [0.25, 0.3) is 0 Å². The van der Waals surface area contributed by atoms with E-state index < -0.39 is 0 Å². The molecular formula is C8H11N. The second-order valence-corrected chi connectivity index (χ2v) is 2.19. The third-order valence-electron chi connectivity index (χ3n) is 1.36. The predicted molar refractivity (Wildman–Crippen MR) is 39.1 cm³/mol. The van der Waals surface area contributed by atoms with Crippen LogP contribution in [-0.4, -0.2) is 0 Å². The fourth-order valence-corrected chi connectivity index (χ4v) is 0.724. The minimum Gasteiger partial charge on any atom is -0.326 e. The quantitative estimate of drug-likeness (QED) is 0.596. The molecule has 48 valence electrons. The number of rotatable bonds is 1. The third-order valence-corrected chi connectivity index (χ3v) is 1.36. The molecule has 0 radical (unpaired) electrons. The van der Waals surface area contributed by atoms with Crippen LogP contribution in [0.3, 0.4) is 0 Å². The average molecular weight is 120 g/mol. The van der Waals surface area contributed by atoms with E-state index in [1.165, 1.54) is 11.1 Å². The average Bonchev–Trinajstić information content (AvgIpc) is 1.90. The summed E-state index contributed by atoms with van der Waals surface area (Å²) >= 11 is 0. The van der Waals surface area contributed by atoms with E-state index in [2.05, 4.69) is 31.2 Å². The van der Waals surface area contributed by atoms with Crippen LogP contribution in [0.5, 0.6) is 0 Å². The Labute approximate surface area is 55.5 Å². The van der Waals surface area contributed by atoms with Crippen molar-refractivity contribution in [3.05, 3.63) is 35.4 Å². The molecule has 1 aromatic carbocycles. The maximum atomic E-state index is 5.40. The summed E-state index contributed by atoms with van der Waals surface area (Å²) < 4.78 is 0. The first kappa shape index (κ1) is 6.30. The summed E-state index contributed by atoms with van der Waals surface area (Å²) in [6.07, 6.45) is 0. The van der Waals surface area contributed by atoms with Gasteiger partial charge in [-0.2, -0.15) is 0 Å². The van der Waals surface area contributed by atoms with Gasteiger partial charge in [-0.05, 0) is 12.5 Å². The second-order valence-electron chi connectivity index (χ2n) is 2.19. The van der Waals surface area contributed by atoms with Gasteiger partial charge in [0.1, 0.15) is 0 Å². The van der Waals surface area contributed by atoms with Crippen LogP contribution in [0.1, 0.15) is 11.1 Å². The van der Waals surface area contributed by atoms with Crippen molar-refractivity contribution in [1.82, 2.24) is 0 Å². The largest absolute Gasteiger partial charge is 0.326 e. The van der Waals surface area contributed by atoms with Gasteiger partial charge in [0, 0.05) is 6.54 Å². The Morgan fingerprint density at radius 2 is 1.78 bits per heavy atom. The van der Waals surface area contributed by atoms with Gasteiger partial charge in [0.2, 0.25) is 0 Å². The highest BCUT2D eigenvalue weighted by Crippen LogP contribution is 2.00. The fourth-order valence-electron chi connectivity index (χ4n) is 0.724. The monoisotopic (exact) mass is 120 g/mol. The minimum absolute atomic E-state index is 0.639. The lowest BCUT2D eigenvalue weighted by Crippen LogP contribution is -1.94. The molecule has 1 aromatic rings. The molecule has 0 spiro atoms. The Morgan fingerprint density at radius 1 is 1.22 bits per heavy atom. The van der Waals surface area contributed by atoms with E-state index in [1.54, 1.807) is 0 Å². The summed E-state index contributed by atoms with van der Waals surface area (Å²) in [4.78, 5) is 0. The zero-order valence-corrected chi connectivity index (χ0v) is 5.59. The molecule has 0 saturated carbocycles. The zero-order valence-electron chi connectivity index (χ0n) is 5.59. The zero-order chi connectivity index (χ0) is 6.69. The molecule has 0 aliphatic carbocycles. The highest BCUT2D eigenvalue weighted by Gasteiger charge is 1.84. The molecule has 0 atom stereocenters. The van der Waals surface area contributed by atoms with Gasteiger partial charge in [0.05, 0.1) is 0 Å². The van der Waals surface area contributed by atoms with Crippen LogP contribution < -0.4 is 5.73 Å². The molecule has 1 heteroatoms. The fraction of sp³-hybridized carbons (Fsp3) is 0.250. The molecule has 9 heavy (non-hydrogen) atoms. The van der Waals surface area contributed by atoms with E-state index in [4.69, 9.17) is 5.73 Å². The van der Waals surface area contributed by atoms with Gasteiger partial charge >= 0.3 is 0 Å². The maximum Gasteiger partial charge on any atom is 0.0178 e. The van der Waals surface area contributed by atoms with Gasteiger partial charge in [0.15, 0.2) is 0 Å². The van der Waals surface area contributed by atoms with Gasteiger partial charge in [-0.15, -0.1) is 0 Å². The summed E-state index contributed by atoms with van der Waals surface area (Å²) in [5.74, 6) is 0. The molecule has 0 amide bonds. The summed E-state index contributed by atoms with van der Waals surface area (Å²) in [5, 5.41) is 0. The van der Waals surface area contributed by atoms with Crippen molar-refractivity contribution >= 4 is 0 Å². The van der Waals surface area contributed by atoms with Crippen molar-refractivity contribution in [3.8, 4) is 0 Å². The van der Waals surface area contributed by atoms with Crippen LogP contribution in [0, 0.1) is 6.92 Å². The standard InChI is InChI=1S/C8H11N/c1-7-2-4-8(6-9)5-3-7/h2-5H,6,9H2,1H3/i1-1. The van der Waals surface area contributed by atoms with Crippen molar-refractivity contribution in [2.45, 2.75) is 13.5 Å². The van der Waals surface area contributed by atoms with Crippen LogP contribution in [-0.2, 0) is 6.54 Å². The molecule has 0 saturated heterocycles. The molecule has 0 aromatic heterocycles. The maximum absolute atomic E-state index is 5.40. The lowest BCUT2D eigenvalue weighted by Gasteiger charge is -1.94. The van der Waals surface area contributed by atoms with Gasteiger partial charge in [-0.1, -0.05) is 29.8 Å². The highest BCUT2D eigenvalue weighted by atomic mass is 14.5. The predicted octanol–water partition coefficient (Wildman–Crippen LogP) is 1.45. The van der Waals surface area contributed by atoms with E-state index in [1.807, 2.05) is 0 Å². The van der Waals surface area contributed by atoms with Crippen LogP contribution in [0.15, 0.2) is 24.3 Å². The lowest BCUT2D eigenvalue weighted by atomic mass is 10.0. The van der Waals surface area contributed by atoms with Crippen molar-refractivity contribution in [1.29, 1.82) is 0 Å². The Balaban J connectivity index is 2.88. The number of aryl methyl sites for hydroxylation is 1. The van der Waals surface area contributed by atoms with Crippen molar-refractivity contribution in [2.24, 2.45) is 5.73 Å². The Morgan fingerprint density at radius 3 is 2.22 bits per heavy atom. The van der Waals surface area contributed by atoms with E-state index in [9.17, 15) is 0 Å². The molecule has 2 N–H and O–H groups in total. The van der Waals surface area contributed by atoms with Gasteiger partial charge in [-0.25, -0.2) is 0 Å². The van der Waals surface area contributed by atoms with Crippen molar-refractivity contribution < 1.29 is 0 Å². The third kappa shape index (κ3) is 1.54. The highest BCUT2D eigenvalue weighted by molar-refractivity contribution is 5.20. The van der Waals surface area contributed by atoms with Crippen LogP contribution in [0.2, 0.25) is 0 Å². The SMILES string of the molecule is [11CH3]c1ccc(CN)cc1. The van der Waals surface area contributed by atoms with Crippen LogP contribution >= 0.6 is 0 Å². The Hall–Kier alpha value is -0.820. The first-order chi connectivity index (χ1) is 4.33. The van der Waals surface area contributed by atoms with E-state index in [0.717, 1.165) is 0 Å². The van der Waals surface area contributed by atoms with Gasteiger partial charge in [0.25, 0.3) is 0 Å². The first-order valence-corrected chi connectivity index (χ1v) is 3.08. The number of nitrogens with two attached hydrogens (primary N) is 1.